The summed E-state index contributed by atoms with van der Waals surface area (Å²) in [6.45, 7) is 3.46. The molecule has 1 saturated heterocycles. The quantitative estimate of drug-likeness (QED) is 0.840. The number of rotatable bonds is 4. The van der Waals surface area contributed by atoms with E-state index in [1.54, 1.807) is 0 Å². The van der Waals surface area contributed by atoms with Crippen LogP contribution in [-0.4, -0.2) is 50.1 Å². The van der Waals surface area contributed by atoms with Crippen LogP contribution in [0, 0.1) is 11.3 Å². The Morgan fingerprint density at radius 2 is 1.74 bits per heavy atom. The van der Waals surface area contributed by atoms with Crippen LogP contribution in [0.15, 0.2) is 12.4 Å². The van der Waals surface area contributed by atoms with Crippen molar-refractivity contribution in [2.45, 2.75) is 18.5 Å². The molecule has 23 heavy (non-hydrogen) atoms. The third-order valence-corrected chi connectivity index (χ3v) is 2.84. The average molecular weight is 333 g/mol. The second kappa shape index (κ2) is 10.1. The lowest BCUT2D eigenvalue weighted by Gasteiger charge is -2.09. The van der Waals surface area contributed by atoms with Gasteiger partial charge in [-0.2, -0.15) is 18.4 Å². The van der Waals surface area contributed by atoms with E-state index in [0.29, 0.717) is 18.6 Å². The van der Waals surface area contributed by atoms with Crippen molar-refractivity contribution < 1.29 is 27.4 Å². The molecule has 0 aromatic carbocycles. The van der Waals surface area contributed by atoms with Gasteiger partial charge in [0.1, 0.15) is 0 Å². The normalized spacial score (nSPS) is 16.0. The van der Waals surface area contributed by atoms with Gasteiger partial charge in [0.05, 0.1) is 38.4 Å². The second-order valence-electron chi connectivity index (χ2n) is 4.53. The third-order valence-electron chi connectivity index (χ3n) is 2.84. The van der Waals surface area contributed by atoms with Crippen LogP contribution < -0.4 is 0 Å². The molecule has 0 N–H and O–H groups in total. The van der Waals surface area contributed by atoms with E-state index in [-0.39, 0.29) is 0 Å². The van der Waals surface area contributed by atoms with Crippen molar-refractivity contribution in [3.05, 3.63) is 23.8 Å². The molecule has 128 valence electrons. The van der Waals surface area contributed by atoms with Crippen LogP contribution in [-0.2, 0) is 20.4 Å². The molecule has 1 aliphatic rings. The summed E-state index contributed by atoms with van der Waals surface area (Å²) in [6.07, 6.45) is -2.12. The molecule has 2 rings (SSSR count). The Hall–Kier alpha value is -1.76. The van der Waals surface area contributed by atoms with Crippen LogP contribution in [0.3, 0.4) is 0 Å². The minimum Gasteiger partial charge on any atom is -0.385 e. The van der Waals surface area contributed by atoms with Gasteiger partial charge in [-0.25, -0.2) is 9.97 Å². The van der Waals surface area contributed by atoms with Gasteiger partial charge >= 0.3 is 6.18 Å². The van der Waals surface area contributed by atoms with Gasteiger partial charge in [-0.1, -0.05) is 0 Å². The van der Waals surface area contributed by atoms with Gasteiger partial charge in [-0.05, 0) is 6.42 Å². The van der Waals surface area contributed by atoms with Crippen molar-refractivity contribution in [2.75, 3.05) is 40.1 Å². The Balaban J connectivity index is 0.000000366. The minimum atomic E-state index is -4.56. The van der Waals surface area contributed by atoms with Crippen molar-refractivity contribution in [1.82, 2.24) is 9.97 Å². The van der Waals surface area contributed by atoms with E-state index in [4.69, 9.17) is 19.5 Å². The van der Waals surface area contributed by atoms with Gasteiger partial charge < -0.3 is 14.2 Å². The molecule has 1 aliphatic heterocycles. The highest BCUT2D eigenvalue weighted by Gasteiger charge is 2.34. The zero-order valence-electron chi connectivity index (χ0n) is 12.7. The molecule has 0 radical (unpaired) electrons. The summed E-state index contributed by atoms with van der Waals surface area (Å²) >= 11 is 0. The second-order valence-corrected chi connectivity index (χ2v) is 4.53. The summed E-state index contributed by atoms with van der Waals surface area (Å²) < 4.78 is 51.3. The number of ether oxygens (including phenoxy) is 3. The first-order valence-corrected chi connectivity index (χ1v) is 6.92. The number of hydrogen-bond acceptors (Lipinski definition) is 6. The lowest BCUT2D eigenvalue weighted by molar-refractivity contribution is -0.145. The smallest absolute Gasteiger partial charge is 0.385 e. The van der Waals surface area contributed by atoms with Crippen molar-refractivity contribution in [1.29, 1.82) is 5.26 Å². The fraction of sp³-hybridized carbons (Fsp3) is 0.643. The molecule has 1 aromatic rings. The van der Waals surface area contributed by atoms with E-state index in [0.717, 1.165) is 38.8 Å². The summed E-state index contributed by atoms with van der Waals surface area (Å²) in [4.78, 5) is 6.40. The van der Waals surface area contributed by atoms with Gasteiger partial charge in [0, 0.05) is 31.7 Å². The molecule has 0 amide bonds. The van der Waals surface area contributed by atoms with Gasteiger partial charge in [0.2, 0.25) is 5.82 Å². The average Bonchev–Trinajstić information content (AvgIpc) is 2.57. The van der Waals surface area contributed by atoms with Crippen molar-refractivity contribution in [2.24, 2.45) is 0 Å². The van der Waals surface area contributed by atoms with Crippen LogP contribution in [0.5, 0.6) is 0 Å². The van der Waals surface area contributed by atoms with Gasteiger partial charge in [-0.3, -0.25) is 0 Å². The van der Waals surface area contributed by atoms with E-state index in [1.807, 2.05) is 6.07 Å². The monoisotopic (exact) mass is 333 g/mol. The number of nitrogens with zero attached hydrogens (tertiary/aromatic N) is 3. The zero-order valence-corrected chi connectivity index (χ0v) is 12.7. The molecule has 1 atom stereocenters. The fourth-order valence-electron chi connectivity index (χ4n) is 1.65. The molecule has 0 saturated carbocycles. The lowest BCUT2D eigenvalue weighted by atomic mass is 10.0. The molecule has 2 heterocycles. The molecule has 6 nitrogen and oxygen atoms in total. The summed E-state index contributed by atoms with van der Waals surface area (Å²) in [5, 5.41) is 8.85. The van der Waals surface area contributed by atoms with Gasteiger partial charge in [-0.15, -0.1) is 0 Å². The topological polar surface area (TPSA) is 77.3 Å². The summed E-state index contributed by atoms with van der Waals surface area (Å²) in [5.74, 6) is -1.76. The highest BCUT2D eigenvalue weighted by atomic mass is 19.4. The minimum absolute atomic E-state index is 0.346. The van der Waals surface area contributed by atoms with E-state index in [2.05, 4.69) is 9.97 Å². The number of methoxy groups -OCH3 is 1. The Morgan fingerprint density at radius 1 is 1.22 bits per heavy atom. The number of alkyl halides is 3. The van der Waals surface area contributed by atoms with Crippen LogP contribution in [0.1, 0.15) is 23.7 Å². The van der Waals surface area contributed by atoms with Crippen LogP contribution >= 0.6 is 0 Å². The Kier molecular flexibility index (Phi) is 8.47. The van der Waals surface area contributed by atoms with E-state index < -0.39 is 17.9 Å². The molecule has 0 aliphatic carbocycles. The molecule has 9 heteroatoms. The standard InChI is InChI=1S/C10H10F3N3O.C4H8O2/c1-17-3-2-7(4-14)8-5-15-9(16-6-8)10(11,12)13;1-2-6-4-3-5-1/h5-7H,2-3H2,1H3;1-4H2. The number of hydrogen-bond donors (Lipinski definition) is 0. The van der Waals surface area contributed by atoms with Gasteiger partial charge in [0.15, 0.2) is 0 Å². The highest BCUT2D eigenvalue weighted by Crippen LogP contribution is 2.26. The van der Waals surface area contributed by atoms with Crippen molar-refractivity contribution >= 4 is 0 Å². The first kappa shape index (κ1) is 19.3. The molecule has 1 fully saturated rings. The first-order chi connectivity index (χ1) is 11.0. The highest BCUT2D eigenvalue weighted by molar-refractivity contribution is 5.19. The molecule has 1 aromatic heterocycles. The Morgan fingerprint density at radius 3 is 2.09 bits per heavy atom. The summed E-state index contributed by atoms with van der Waals surface area (Å²) in [7, 11) is 1.48. The Bertz CT molecular complexity index is 473. The van der Waals surface area contributed by atoms with E-state index >= 15 is 0 Å². The number of aromatic nitrogens is 2. The maximum absolute atomic E-state index is 12.2. The van der Waals surface area contributed by atoms with Crippen molar-refractivity contribution in [3.8, 4) is 6.07 Å². The van der Waals surface area contributed by atoms with Crippen LogP contribution in [0.2, 0.25) is 0 Å². The number of halogens is 3. The van der Waals surface area contributed by atoms with Gasteiger partial charge in [0.25, 0.3) is 0 Å². The molecular formula is C14H18F3N3O3. The summed E-state index contributed by atoms with van der Waals surface area (Å²) in [5.41, 5.74) is 0.359. The SMILES string of the molecule is C1COCCO1.COCCC(C#N)c1cnc(C(F)(F)F)nc1. The predicted molar refractivity (Wildman–Crippen MR) is 73.5 cm³/mol. The van der Waals surface area contributed by atoms with Crippen molar-refractivity contribution in [3.63, 3.8) is 0 Å². The first-order valence-electron chi connectivity index (χ1n) is 6.92. The third kappa shape index (κ3) is 7.36. The lowest BCUT2D eigenvalue weighted by Crippen LogP contribution is -2.16. The predicted octanol–water partition coefficient (Wildman–Crippen LogP) is 2.17. The molecule has 0 bridgehead atoms. The molecule has 0 spiro atoms. The number of nitriles is 1. The van der Waals surface area contributed by atoms with E-state index in [1.165, 1.54) is 7.11 Å². The fourth-order valence-corrected chi connectivity index (χ4v) is 1.65. The summed E-state index contributed by atoms with van der Waals surface area (Å²) in [6, 6.07) is 1.97. The largest absolute Gasteiger partial charge is 0.451 e. The Labute approximate surface area is 132 Å². The maximum atomic E-state index is 12.2. The zero-order chi connectivity index (χ0) is 17.1. The molecular weight excluding hydrogens is 315 g/mol. The molecule has 1 unspecified atom stereocenters. The van der Waals surface area contributed by atoms with E-state index in [9.17, 15) is 13.2 Å². The van der Waals surface area contributed by atoms with Crippen LogP contribution in [0.25, 0.3) is 0 Å². The van der Waals surface area contributed by atoms with Crippen LogP contribution in [0.4, 0.5) is 13.2 Å². The maximum Gasteiger partial charge on any atom is 0.451 e.